The quantitative estimate of drug-likeness (QED) is 0.351. The molecule has 7 nitrogen and oxygen atoms in total. The molecule has 4 heterocycles. The maximum Gasteiger partial charge on any atom is 0.341 e. The molecule has 204 valence electrons. The minimum absolute atomic E-state index is 0.305. The second kappa shape index (κ2) is 10.5. The third-order valence-corrected chi connectivity index (χ3v) is 9.88. The number of esters is 1. The Balaban J connectivity index is 1.39. The Morgan fingerprint density at radius 2 is 1.87 bits per heavy atom. The largest absolute Gasteiger partial charge is 0.456 e. The number of carbonyl (C=O) groups is 2. The second-order valence-electron chi connectivity index (χ2n) is 11.8. The number of fused-ring (bicyclic) bond motifs is 2. The monoisotopic (exact) mass is 554 g/mol. The number of nitrogens with one attached hydrogen (secondary N) is 2. The van der Waals surface area contributed by atoms with E-state index in [1.165, 1.54) is 32.2 Å². The van der Waals surface area contributed by atoms with E-state index in [4.69, 9.17) is 4.74 Å². The van der Waals surface area contributed by atoms with E-state index in [-0.39, 0.29) is 12.0 Å². The number of thiophene rings is 2. The van der Waals surface area contributed by atoms with Crippen LogP contribution >= 0.6 is 22.7 Å². The third-order valence-electron chi connectivity index (χ3n) is 7.23. The number of hydrogen-bond donors (Lipinski definition) is 2. The molecule has 0 saturated carbocycles. The molecule has 0 aromatic carbocycles. The van der Waals surface area contributed by atoms with E-state index in [9.17, 15) is 9.59 Å². The first-order chi connectivity index (χ1) is 18.0. The molecule has 0 saturated heterocycles. The van der Waals surface area contributed by atoms with Crippen molar-refractivity contribution in [2.75, 3.05) is 18.9 Å². The van der Waals surface area contributed by atoms with Crippen LogP contribution in [0.2, 0.25) is 0 Å². The zero-order valence-corrected chi connectivity index (χ0v) is 24.8. The van der Waals surface area contributed by atoms with E-state index in [2.05, 4.69) is 53.4 Å². The summed E-state index contributed by atoms with van der Waals surface area (Å²) in [5.74, 6) is 0.460. The van der Waals surface area contributed by atoms with Crippen LogP contribution in [0, 0.1) is 5.92 Å². The molecule has 2 N–H and O–H groups in total. The summed E-state index contributed by atoms with van der Waals surface area (Å²) in [5, 5.41) is 7.86. The maximum absolute atomic E-state index is 13.3. The first-order valence-electron chi connectivity index (χ1n) is 13.4. The van der Waals surface area contributed by atoms with Gasteiger partial charge in [0, 0.05) is 47.3 Å². The number of likely N-dealkylation sites (N-methyl/N-ethyl adjacent to an activating group) is 1. The van der Waals surface area contributed by atoms with Crippen LogP contribution in [0.5, 0.6) is 0 Å². The lowest BCUT2D eigenvalue weighted by atomic mass is 9.82. The zero-order chi connectivity index (χ0) is 27.2. The van der Waals surface area contributed by atoms with Gasteiger partial charge in [-0.25, -0.2) is 9.59 Å². The molecule has 0 spiro atoms. The van der Waals surface area contributed by atoms with Crippen molar-refractivity contribution in [3.8, 4) is 5.00 Å². The topological polar surface area (TPSA) is 75.6 Å². The molecule has 2 atom stereocenters. The maximum atomic E-state index is 13.3. The Morgan fingerprint density at radius 1 is 1.13 bits per heavy atom. The van der Waals surface area contributed by atoms with Crippen LogP contribution in [0.1, 0.15) is 83.8 Å². The van der Waals surface area contributed by atoms with E-state index in [0.29, 0.717) is 28.9 Å². The van der Waals surface area contributed by atoms with Crippen LogP contribution in [-0.4, -0.2) is 40.7 Å². The van der Waals surface area contributed by atoms with Gasteiger partial charge in [-0.1, -0.05) is 13.8 Å². The van der Waals surface area contributed by atoms with Gasteiger partial charge in [-0.15, -0.1) is 22.7 Å². The molecule has 2 amide bonds. The highest BCUT2D eigenvalue weighted by Crippen LogP contribution is 2.45. The summed E-state index contributed by atoms with van der Waals surface area (Å²) in [6, 6.07) is 3.74. The molecule has 3 aromatic heterocycles. The average molecular weight is 555 g/mol. The molecule has 2 aliphatic rings. The fourth-order valence-electron chi connectivity index (χ4n) is 5.62. The third kappa shape index (κ3) is 5.55. The van der Waals surface area contributed by atoms with Crippen molar-refractivity contribution in [1.82, 2.24) is 14.8 Å². The van der Waals surface area contributed by atoms with Crippen LogP contribution in [-0.2, 0) is 30.7 Å². The van der Waals surface area contributed by atoms with Crippen molar-refractivity contribution in [3.05, 3.63) is 56.5 Å². The minimum atomic E-state index is -0.613. The number of aromatic nitrogens is 1. The Kier molecular flexibility index (Phi) is 7.46. The predicted molar refractivity (Wildman–Crippen MR) is 155 cm³/mol. The molecule has 0 bridgehead atoms. The highest BCUT2D eigenvalue weighted by atomic mass is 32.1. The van der Waals surface area contributed by atoms with Gasteiger partial charge in [0.25, 0.3) is 0 Å². The fraction of sp³-hybridized carbons (Fsp3) is 0.517. The number of carbonyl (C=O) groups excluding carboxylic acids is 2. The predicted octanol–water partition coefficient (Wildman–Crippen LogP) is 6.55. The summed E-state index contributed by atoms with van der Waals surface area (Å²) in [5.41, 5.74) is 3.47. The van der Waals surface area contributed by atoms with Gasteiger partial charge in [-0.3, -0.25) is 5.32 Å². The molecule has 3 aromatic rings. The zero-order valence-electron chi connectivity index (χ0n) is 23.1. The van der Waals surface area contributed by atoms with Gasteiger partial charge in [-0.05, 0) is 82.2 Å². The number of rotatable bonds is 5. The Hall–Kier alpha value is -2.62. The highest BCUT2D eigenvalue weighted by molar-refractivity contribution is 7.17. The van der Waals surface area contributed by atoms with Gasteiger partial charge in [-0.2, -0.15) is 0 Å². The Labute approximate surface area is 233 Å². The minimum Gasteiger partial charge on any atom is -0.456 e. The smallest absolute Gasteiger partial charge is 0.341 e. The average Bonchev–Trinajstić information content (AvgIpc) is 3.53. The van der Waals surface area contributed by atoms with Crippen molar-refractivity contribution in [1.29, 1.82) is 0 Å². The van der Waals surface area contributed by atoms with Crippen LogP contribution in [0.3, 0.4) is 0 Å². The van der Waals surface area contributed by atoms with Gasteiger partial charge < -0.3 is 19.5 Å². The van der Waals surface area contributed by atoms with Gasteiger partial charge in [0.15, 0.2) is 0 Å². The van der Waals surface area contributed by atoms with E-state index >= 15 is 0 Å². The lowest BCUT2D eigenvalue weighted by Gasteiger charge is -2.25. The van der Waals surface area contributed by atoms with E-state index in [1.54, 1.807) is 11.3 Å². The number of amides is 2. The lowest BCUT2D eigenvalue weighted by molar-refractivity contribution is 0.00697. The standard InChI is InChI=1S/C29H38N4O3S2/c1-17-13-18(2)24-20(14-17)23(27(34)36-29(3,4)5)25(38-24)31-28(35)30-15-21-19-9-12-32(6)16-22(19)37-26(21)33-10-7-8-11-33/h7-8,10-11,17-18H,9,12-16H2,1-6H3,(H2,30,31,35). The summed E-state index contributed by atoms with van der Waals surface area (Å²) in [6.07, 6.45) is 6.97. The molecule has 38 heavy (non-hydrogen) atoms. The molecule has 1 aliphatic heterocycles. The first-order valence-corrected chi connectivity index (χ1v) is 15.0. The lowest BCUT2D eigenvalue weighted by Crippen LogP contribution is -2.31. The van der Waals surface area contributed by atoms with Crippen LogP contribution < -0.4 is 10.6 Å². The number of anilines is 1. The number of nitrogens with zero attached hydrogens (tertiary/aromatic N) is 2. The Bertz CT molecular complexity index is 1330. The van der Waals surface area contributed by atoms with Gasteiger partial charge in [0.05, 0.1) is 5.56 Å². The summed E-state index contributed by atoms with van der Waals surface area (Å²) < 4.78 is 7.91. The Morgan fingerprint density at radius 3 is 2.58 bits per heavy atom. The molecule has 2 unspecified atom stereocenters. The van der Waals surface area contributed by atoms with E-state index in [1.807, 2.05) is 32.9 Å². The van der Waals surface area contributed by atoms with Gasteiger partial charge >= 0.3 is 12.0 Å². The first kappa shape index (κ1) is 27.0. The molecule has 9 heteroatoms. The number of ether oxygens (including phenoxy) is 1. The van der Waals surface area contributed by atoms with E-state index in [0.717, 1.165) is 42.9 Å². The van der Waals surface area contributed by atoms with Crippen LogP contribution in [0.4, 0.5) is 9.80 Å². The van der Waals surface area contributed by atoms with Gasteiger partial charge in [0.2, 0.25) is 0 Å². The molecular formula is C29H38N4O3S2. The van der Waals surface area contributed by atoms with Crippen molar-refractivity contribution in [2.45, 2.75) is 78.5 Å². The number of urea groups is 1. The summed E-state index contributed by atoms with van der Waals surface area (Å²) in [4.78, 5) is 31.5. The van der Waals surface area contributed by atoms with Crippen molar-refractivity contribution >= 4 is 39.7 Å². The molecule has 5 rings (SSSR count). The summed E-state index contributed by atoms with van der Waals surface area (Å²) in [7, 11) is 2.15. The highest BCUT2D eigenvalue weighted by Gasteiger charge is 2.34. The SMILES string of the molecule is CC1Cc2c(sc(NC(=O)NCc3c(-n4cccc4)sc4c3CCN(C)C4)c2C(=O)OC(C)(C)C)C(C)C1. The molecular weight excluding hydrogens is 516 g/mol. The fourth-order valence-corrected chi connectivity index (χ4v) is 8.31. The normalized spacial score (nSPS) is 19.5. The summed E-state index contributed by atoms with van der Waals surface area (Å²) >= 11 is 3.32. The molecule has 1 aliphatic carbocycles. The van der Waals surface area contributed by atoms with Crippen molar-refractivity contribution in [2.24, 2.45) is 5.92 Å². The second-order valence-corrected chi connectivity index (χ2v) is 13.9. The number of hydrogen-bond acceptors (Lipinski definition) is 6. The molecule has 0 radical (unpaired) electrons. The van der Waals surface area contributed by atoms with Gasteiger partial charge in [0.1, 0.15) is 15.6 Å². The van der Waals surface area contributed by atoms with Crippen LogP contribution in [0.15, 0.2) is 24.5 Å². The van der Waals surface area contributed by atoms with Crippen molar-refractivity contribution < 1.29 is 14.3 Å². The van der Waals surface area contributed by atoms with E-state index < -0.39 is 5.60 Å². The van der Waals surface area contributed by atoms with Crippen LogP contribution in [0.25, 0.3) is 5.00 Å². The van der Waals surface area contributed by atoms with Crippen molar-refractivity contribution in [3.63, 3.8) is 0 Å². The summed E-state index contributed by atoms with van der Waals surface area (Å²) in [6.45, 7) is 12.4. The molecule has 0 fully saturated rings.